The molecule has 3 amide bonds. The predicted molar refractivity (Wildman–Crippen MR) is 181 cm³/mol. The number of anilines is 1. The molecule has 5 aromatic rings. The molecule has 0 bridgehead atoms. The van der Waals surface area contributed by atoms with Crippen LogP contribution in [0.3, 0.4) is 0 Å². The first-order valence-corrected chi connectivity index (χ1v) is 16.7. The molecule has 262 valence electrons. The lowest BCUT2D eigenvalue weighted by Gasteiger charge is -2.29. The molecule has 10 nitrogen and oxygen atoms in total. The van der Waals surface area contributed by atoms with Crippen molar-refractivity contribution in [2.24, 2.45) is 5.92 Å². The number of thioether (sulfide) groups is 1. The quantitative estimate of drug-likeness (QED) is 0.162. The summed E-state index contributed by atoms with van der Waals surface area (Å²) in [7, 11) is 0. The summed E-state index contributed by atoms with van der Waals surface area (Å²) in [6.45, 7) is -0.116. The van der Waals surface area contributed by atoms with Crippen LogP contribution in [-0.2, 0) is 23.9 Å². The summed E-state index contributed by atoms with van der Waals surface area (Å²) in [6.07, 6.45) is -5.98. The van der Waals surface area contributed by atoms with Crippen molar-refractivity contribution in [1.29, 1.82) is 0 Å². The van der Waals surface area contributed by atoms with E-state index >= 15 is 0 Å². The molecule has 0 aliphatic carbocycles. The highest BCUT2D eigenvalue weighted by Gasteiger charge is 2.42. The highest BCUT2D eigenvalue weighted by Crippen LogP contribution is 2.34. The minimum absolute atomic E-state index is 0.106. The summed E-state index contributed by atoms with van der Waals surface area (Å²) < 4.78 is 54.3. The number of imide groups is 1. The normalized spacial score (nSPS) is 15.9. The monoisotopic (exact) mass is 719 g/mol. The molecule has 2 unspecified atom stereocenters. The van der Waals surface area contributed by atoms with E-state index in [0.29, 0.717) is 29.1 Å². The number of fused-ring (bicyclic) bond motifs is 1. The number of carbonyl (C=O) groups is 3. The van der Waals surface area contributed by atoms with Gasteiger partial charge in [0.25, 0.3) is 16.7 Å². The highest BCUT2D eigenvalue weighted by molar-refractivity contribution is 8.14. The summed E-state index contributed by atoms with van der Waals surface area (Å²) in [6, 6.07) is 22.6. The van der Waals surface area contributed by atoms with Crippen LogP contribution >= 0.6 is 11.8 Å². The summed E-state index contributed by atoms with van der Waals surface area (Å²) in [5.74, 6) is -3.88. The van der Waals surface area contributed by atoms with E-state index in [2.05, 4.69) is 15.6 Å². The maximum atomic E-state index is 14.4. The van der Waals surface area contributed by atoms with Crippen LogP contribution in [0.15, 0.2) is 102 Å². The van der Waals surface area contributed by atoms with E-state index in [9.17, 15) is 41.8 Å². The molecule has 1 aliphatic rings. The molecule has 1 saturated heterocycles. The Morgan fingerprint density at radius 3 is 2.37 bits per heavy atom. The van der Waals surface area contributed by atoms with Crippen LogP contribution in [0.1, 0.15) is 39.6 Å². The lowest BCUT2D eigenvalue weighted by atomic mass is 9.90. The number of carbonyl (C=O) groups excluding carboxylic acids is 3. The van der Waals surface area contributed by atoms with E-state index < -0.39 is 63.8 Å². The Kier molecular flexibility index (Phi) is 10.3. The molecule has 15 heteroatoms. The molecule has 51 heavy (non-hydrogen) atoms. The van der Waals surface area contributed by atoms with E-state index in [0.717, 1.165) is 33.0 Å². The first-order chi connectivity index (χ1) is 24.4. The summed E-state index contributed by atoms with van der Waals surface area (Å²) in [5.41, 5.74) is -0.628. The van der Waals surface area contributed by atoms with Gasteiger partial charge in [0.15, 0.2) is 0 Å². The van der Waals surface area contributed by atoms with Gasteiger partial charge in [-0.3, -0.25) is 24.1 Å². The Morgan fingerprint density at radius 2 is 1.67 bits per heavy atom. The lowest BCUT2D eigenvalue weighted by molar-refractivity contribution is -0.138. The minimum Gasteiger partial charge on any atom is -0.388 e. The zero-order valence-corrected chi connectivity index (χ0v) is 27.4. The van der Waals surface area contributed by atoms with Gasteiger partial charge in [-0.1, -0.05) is 71.6 Å². The van der Waals surface area contributed by atoms with Gasteiger partial charge >= 0.3 is 6.18 Å². The number of aliphatic hydroxyl groups is 1. The molecule has 0 radical (unpaired) electrons. The molecule has 2 heterocycles. The zero-order chi connectivity index (χ0) is 36.3. The molecule has 2 N–H and O–H groups in total. The number of aliphatic hydroxyl groups excluding tert-OH is 1. The second kappa shape index (κ2) is 14.8. The Balaban J connectivity index is 1.24. The highest BCUT2D eigenvalue weighted by atomic mass is 32.2. The van der Waals surface area contributed by atoms with Gasteiger partial charge in [-0.25, -0.2) is 9.07 Å². The van der Waals surface area contributed by atoms with Crippen LogP contribution in [0, 0.1) is 11.7 Å². The van der Waals surface area contributed by atoms with Gasteiger partial charge in [-0.2, -0.15) is 13.2 Å². The van der Waals surface area contributed by atoms with E-state index in [-0.39, 0.29) is 30.3 Å². The molecule has 0 spiro atoms. The topological polar surface area (TPSA) is 134 Å². The SMILES string of the molecule is O=C(Nc1ccc(C(O)C(CCn2nnc3ccccc3c2=O)C(=O)N2C(=O)SC[C@@H]2Cc2ccccc2)cc1)c1ccc(C(F)(F)F)cc1F. The Hall–Kier alpha value is -5.41. The number of rotatable bonds is 10. The number of benzene rings is 4. The van der Waals surface area contributed by atoms with Crippen molar-refractivity contribution in [1.82, 2.24) is 19.9 Å². The average molecular weight is 720 g/mol. The Bertz CT molecular complexity index is 2150. The largest absolute Gasteiger partial charge is 0.416 e. The van der Waals surface area contributed by atoms with Gasteiger partial charge in [-0.05, 0) is 66.4 Å². The predicted octanol–water partition coefficient (Wildman–Crippen LogP) is 6.25. The van der Waals surface area contributed by atoms with Crippen molar-refractivity contribution in [3.63, 3.8) is 0 Å². The number of halogens is 4. The van der Waals surface area contributed by atoms with Gasteiger partial charge in [-0.15, -0.1) is 5.10 Å². The van der Waals surface area contributed by atoms with Crippen molar-refractivity contribution in [3.8, 4) is 0 Å². The molecule has 0 saturated carbocycles. The van der Waals surface area contributed by atoms with E-state index in [1.165, 1.54) is 24.3 Å². The third kappa shape index (κ3) is 7.84. The number of aromatic nitrogens is 3. The van der Waals surface area contributed by atoms with Crippen molar-refractivity contribution < 1.29 is 37.1 Å². The fraction of sp³-hybridized carbons (Fsp3) is 0.222. The second-order valence-corrected chi connectivity index (χ2v) is 12.8. The van der Waals surface area contributed by atoms with Gasteiger partial charge in [0.1, 0.15) is 11.3 Å². The molecule has 1 aromatic heterocycles. The van der Waals surface area contributed by atoms with Crippen LogP contribution in [-0.4, -0.2) is 53.8 Å². The smallest absolute Gasteiger partial charge is 0.388 e. The van der Waals surface area contributed by atoms with E-state index in [4.69, 9.17) is 0 Å². The molecule has 1 fully saturated rings. The van der Waals surface area contributed by atoms with Crippen molar-refractivity contribution in [2.45, 2.75) is 37.7 Å². The Morgan fingerprint density at radius 1 is 0.961 bits per heavy atom. The minimum atomic E-state index is -4.78. The maximum Gasteiger partial charge on any atom is 0.416 e. The van der Waals surface area contributed by atoms with Crippen LogP contribution in [0.5, 0.6) is 0 Å². The number of hydrogen-bond donors (Lipinski definition) is 2. The third-order valence-electron chi connectivity index (χ3n) is 8.54. The van der Waals surface area contributed by atoms with Crippen LogP contribution < -0.4 is 10.9 Å². The molecule has 3 atom stereocenters. The first-order valence-electron chi connectivity index (χ1n) is 15.7. The Labute approximate surface area is 292 Å². The molecular weight excluding hydrogens is 690 g/mol. The fourth-order valence-corrected chi connectivity index (χ4v) is 6.84. The summed E-state index contributed by atoms with van der Waals surface area (Å²) in [5, 5.41) is 22.0. The number of alkyl halides is 3. The van der Waals surface area contributed by atoms with Crippen molar-refractivity contribution >= 4 is 45.4 Å². The standard InChI is InChI=1S/C36H29F4N5O5S/c37-29-19-23(36(38,39)40)12-15-26(29)32(47)41-24-13-10-22(11-14-24)31(46)28(16-17-44-33(48)27-8-4-5-9-30(27)42-43-44)34(49)45-25(20-51-35(45)50)18-21-6-2-1-3-7-21/h1-15,19,25,28,31,46H,16-18,20H2,(H,41,47)/t25-,28?,31?/m0/s1. The van der Waals surface area contributed by atoms with Crippen LogP contribution in [0.2, 0.25) is 0 Å². The third-order valence-corrected chi connectivity index (χ3v) is 9.54. The molecule has 4 aromatic carbocycles. The molecule has 6 rings (SSSR count). The van der Waals surface area contributed by atoms with Crippen molar-refractivity contribution in [3.05, 3.63) is 135 Å². The lowest BCUT2D eigenvalue weighted by Crippen LogP contribution is -2.45. The van der Waals surface area contributed by atoms with E-state index in [1.54, 1.807) is 24.3 Å². The number of nitrogens with zero attached hydrogens (tertiary/aromatic N) is 4. The number of nitrogens with one attached hydrogen (secondary N) is 1. The van der Waals surface area contributed by atoms with Crippen molar-refractivity contribution in [2.75, 3.05) is 11.1 Å². The van der Waals surface area contributed by atoms with Gasteiger partial charge < -0.3 is 10.4 Å². The number of hydrogen-bond acceptors (Lipinski definition) is 8. The number of amides is 3. The summed E-state index contributed by atoms with van der Waals surface area (Å²) in [4.78, 5) is 54.3. The van der Waals surface area contributed by atoms with E-state index in [1.807, 2.05) is 30.3 Å². The molecular formula is C36H29F4N5O5S. The average Bonchev–Trinajstić information content (AvgIpc) is 3.48. The van der Waals surface area contributed by atoms with Gasteiger partial charge in [0.2, 0.25) is 5.91 Å². The van der Waals surface area contributed by atoms with Gasteiger partial charge in [0.05, 0.1) is 34.6 Å². The van der Waals surface area contributed by atoms with Crippen LogP contribution in [0.4, 0.5) is 28.0 Å². The number of aryl methyl sites for hydroxylation is 1. The van der Waals surface area contributed by atoms with Crippen LogP contribution in [0.25, 0.3) is 10.9 Å². The summed E-state index contributed by atoms with van der Waals surface area (Å²) >= 11 is 0.997. The van der Waals surface area contributed by atoms with Gasteiger partial charge in [0, 0.05) is 18.0 Å². The molecule has 1 aliphatic heterocycles. The fourth-order valence-electron chi connectivity index (χ4n) is 5.86. The maximum absolute atomic E-state index is 14.4. The zero-order valence-electron chi connectivity index (χ0n) is 26.6. The second-order valence-electron chi connectivity index (χ2n) is 11.9. The first kappa shape index (κ1) is 35.4.